The number of hydrogen-bond donors (Lipinski definition) is 1. The van der Waals surface area contributed by atoms with Crippen LogP contribution in [0, 0.1) is 11.6 Å². The first-order valence-corrected chi connectivity index (χ1v) is 6.82. The van der Waals surface area contributed by atoms with Crippen molar-refractivity contribution < 1.29 is 8.78 Å². The number of nitrogens with zero attached hydrogens (tertiary/aromatic N) is 2. The first kappa shape index (κ1) is 13.7. The molecule has 108 valence electrons. The second-order valence-corrected chi connectivity index (χ2v) is 4.79. The van der Waals surface area contributed by atoms with Crippen molar-refractivity contribution in [1.82, 2.24) is 14.9 Å². The van der Waals surface area contributed by atoms with Crippen molar-refractivity contribution in [3.63, 3.8) is 0 Å². The number of halogens is 2. The molecule has 0 spiro atoms. The van der Waals surface area contributed by atoms with Crippen LogP contribution in [0.1, 0.15) is 12.5 Å². The van der Waals surface area contributed by atoms with Crippen molar-refractivity contribution in [2.24, 2.45) is 0 Å². The molecule has 0 aliphatic rings. The van der Waals surface area contributed by atoms with Gasteiger partial charge in [-0.05, 0) is 36.4 Å². The van der Waals surface area contributed by atoms with Crippen LogP contribution in [0.25, 0.3) is 16.7 Å². The van der Waals surface area contributed by atoms with Crippen molar-refractivity contribution in [1.29, 1.82) is 0 Å². The lowest BCUT2D eigenvalue weighted by Gasteiger charge is -2.10. The molecule has 3 rings (SSSR count). The topological polar surface area (TPSA) is 29.9 Å². The molecule has 1 heterocycles. The molecule has 0 atom stereocenters. The van der Waals surface area contributed by atoms with Crippen molar-refractivity contribution in [3.05, 3.63) is 59.9 Å². The molecule has 1 N–H and O–H groups in total. The molecule has 3 aromatic rings. The number of rotatable bonds is 4. The van der Waals surface area contributed by atoms with E-state index in [1.807, 2.05) is 19.1 Å². The van der Waals surface area contributed by atoms with Crippen LogP contribution in [0.5, 0.6) is 0 Å². The van der Waals surface area contributed by atoms with Gasteiger partial charge in [-0.25, -0.2) is 13.8 Å². The van der Waals surface area contributed by atoms with E-state index < -0.39 is 11.6 Å². The molecule has 2 aromatic carbocycles. The fraction of sp³-hybridized carbons (Fsp3) is 0.188. The number of imidazole rings is 1. The second kappa shape index (κ2) is 5.61. The quantitative estimate of drug-likeness (QED) is 0.797. The third-order valence-corrected chi connectivity index (χ3v) is 3.35. The fourth-order valence-electron chi connectivity index (χ4n) is 2.36. The molecule has 21 heavy (non-hydrogen) atoms. The molecular formula is C16H15F2N3. The molecule has 0 radical (unpaired) electrons. The molecule has 0 aliphatic carbocycles. The molecule has 0 amide bonds. The number of para-hydroxylation sites is 2. The Morgan fingerprint density at radius 1 is 1.14 bits per heavy atom. The zero-order chi connectivity index (χ0) is 14.8. The predicted molar refractivity (Wildman–Crippen MR) is 78.4 cm³/mol. The number of hydrogen-bond acceptors (Lipinski definition) is 2. The van der Waals surface area contributed by atoms with Gasteiger partial charge in [-0.15, -0.1) is 0 Å². The van der Waals surface area contributed by atoms with E-state index in [9.17, 15) is 8.78 Å². The monoisotopic (exact) mass is 287 g/mol. The highest BCUT2D eigenvalue weighted by Gasteiger charge is 2.15. The molecule has 0 saturated heterocycles. The first-order chi connectivity index (χ1) is 10.2. The summed E-state index contributed by atoms with van der Waals surface area (Å²) in [7, 11) is 0. The highest BCUT2D eigenvalue weighted by atomic mass is 19.1. The summed E-state index contributed by atoms with van der Waals surface area (Å²) in [6.45, 7) is 3.13. The van der Waals surface area contributed by atoms with Crippen molar-refractivity contribution in [2.75, 3.05) is 6.54 Å². The summed E-state index contributed by atoms with van der Waals surface area (Å²) >= 11 is 0. The Kier molecular flexibility index (Phi) is 3.66. The van der Waals surface area contributed by atoms with E-state index >= 15 is 0 Å². The molecule has 0 bridgehead atoms. The zero-order valence-electron chi connectivity index (χ0n) is 11.6. The Hall–Kier alpha value is -2.27. The van der Waals surface area contributed by atoms with Crippen LogP contribution in [0.3, 0.4) is 0 Å². The van der Waals surface area contributed by atoms with Crippen molar-refractivity contribution in [3.8, 4) is 5.69 Å². The van der Waals surface area contributed by atoms with Crippen molar-refractivity contribution in [2.45, 2.75) is 13.5 Å². The van der Waals surface area contributed by atoms with Gasteiger partial charge >= 0.3 is 0 Å². The van der Waals surface area contributed by atoms with Crippen LogP contribution in [0.4, 0.5) is 8.78 Å². The minimum Gasteiger partial charge on any atom is -0.313 e. The fourth-order valence-corrected chi connectivity index (χ4v) is 2.36. The van der Waals surface area contributed by atoms with Crippen molar-refractivity contribution >= 4 is 11.0 Å². The zero-order valence-corrected chi connectivity index (χ0v) is 11.6. The van der Waals surface area contributed by atoms with Gasteiger partial charge in [-0.3, -0.25) is 4.57 Å². The van der Waals surface area contributed by atoms with E-state index in [0.29, 0.717) is 23.1 Å². The van der Waals surface area contributed by atoms with E-state index in [1.54, 1.807) is 12.1 Å². The average Bonchev–Trinajstić information content (AvgIpc) is 2.89. The molecule has 0 unspecified atom stereocenters. The van der Waals surface area contributed by atoms with Crippen LogP contribution >= 0.6 is 0 Å². The van der Waals surface area contributed by atoms with E-state index in [1.165, 1.54) is 23.0 Å². The Bertz CT molecular complexity index is 757. The third kappa shape index (κ3) is 2.52. The van der Waals surface area contributed by atoms with Crippen LogP contribution in [0.15, 0.2) is 42.7 Å². The normalized spacial score (nSPS) is 11.2. The number of benzene rings is 2. The smallest absolute Gasteiger partial charge is 0.150 e. The minimum atomic E-state index is -0.592. The Labute approximate surface area is 121 Å². The number of fused-ring (bicyclic) bond motifs is 1. The molecule has 3 nitrogen and oxygen atoms in total. The van der Waals surface area contributed by atoms with Gasteiger partial charge in [0.25, 0.3) is 0 Å². The van der Waals surface area contributed by atoms with E-state index in [4.69, 9.17) is 0 Å². The molecule has 0 aliphatic heterocycles. The minimum absolute atomic E-state index is 0.0936. The maximum absolute atomic E-state index is 14.3. The van der Waals surface area contributed by atoms with Gasteiger partial charge in [0.1, 0.15) is 12.0 Å². The summed E-state index contributed by atoms with van der Waals surface area (Å²) < 4.78 is 30.1. The molecule has 1 aromatic heterocycles. The van der Waals surface area contributed by atoms with Crippen LogP contribution in [-0.2, 0) is 6.54 Å². The summed E-state index contributed by atoms with van der Waals surface area (Å²) in [4.78, 5) is 4.17. The second-order valence-electron chi connectivity index (χ2n) is 4.79. The SMILES string of the molecule is CCNCc1cc(F)c(-n2cnc3ccccc32)c(F)c1. The van der Waals surface area contributed by atoms with Gasteiger partial charge in [-0.2, -0.15) is 0 Å². The highest BCUT2D eigenvalue weighted by molar-refractivity contribution is 5.77. The molecule has 5 heteroatoms. The summed E-state index contributed by atoms with van der Waals surface area (Å²) in [5.74, 6) is -1.18. The number of aromatic nitrogens is 2. The Morgan fingerprint density at radius 3 is 2.57 bits per heavy atom. The van der Waals surface area contributed by atoms with Gasteiger partial charge < -0.3 is 5.32 Å². The molecule has 0 saturated carbocycles. The van der Waals surface area contributed by atoms with Crippen LogP contribution in [0.2, 0.25) is 0 Å². The highest BCUT2D eigenvalue weighted by Crippen LogP contribution is 2.24. The Morgan fingerprint density at radius 2 is 1.86 bits per heavy atom. The predicted octanol–water partition coefficient (Wildman–Crippen LogP) is 3.41. The van der Waals surface area contributed by atoms with Crippen LogP contribution in [-0.4, -0.2) is 16.1 Å². The summed E-state index contributed by atoms with van der Waals surface area (Å²) in [6, 6.07) is 9.96. The summed E-state index contributed by atoms with van der Waals surface area (Å²) in [5, 5.41) is 3.05. The maximum Gasteiger partial charge on any atom is 0.150 e. The lowest BCUT2D eigenvalue weighted by molar-refractivity contribution is 0.564. The lowest BCUT2D eigenvalue weighted by Crippen LogP contribution is -2.13. The third-order valence-electron chi connectivity index (χ3n) is 3.35. The Balaban J connectivity index is 2.10. The van der Waals surface area contributed by atoms with Gasteiger partial charge in [0.15, 0.2) is 11.6 Å². The lowest BCUT2D eigenvalue weighted by atomic mass is 10.1. The molecular weight excluding hydrogens is 272 g/mol. The van der Waals surface area contributed by atoms with E-state index in [2.05, 4.69) is 10.3 Å². The van der Waals surface area contributed by atoms with Gasteiger partial charge in [0.2, 0.25) is 0 Å². The summed E-state index contributed by atoms with van der Waals surface area (Å²) in [6.07, 6.45) is 1.44. The molecule has 0 fully saturated rings. The largest absolute Gasteiger partial charge is 0.313 e. The van der Waals surface area contributed by atoms with Gasteiger partial charge in [-0.1, -0.05) is 19.1 Å². The van der Waals surface area contributed by atoms with Crippen LogP contribution < -0.4 is 5.32 Å². The maximum atomic E-state index is 14.3. The van der Waals surface area contributed by atoms with E-state index in [0.717, 1.165) is 6.54 Å². The van der Waals surface area contributed by atoms with Gasteiger partial charge in [0, 0.05) is 6.54 Å². The van der Waals surface area contributed by atoms with E-state index in [-0.39, 0.29) is 5.69 Å². The average molecular weight is 287 g/mol. The number of nitrogens with one attached hydrogen (secondary N) is 1. The van der Waals surface area contributed by atoms with Gasteiger partial charge in [0.05, 0.1) is 11.0 Å². The summed E-state index contributed by atoms with van der Waals surface area (Å²) in [5.41, 5.74) is 1.87. The first-order valence-electron chi connectivity index (χ1n) is 6.82. The standard InChI is InChI=1S/C16H15F2N3/c1-2-19-9-11-7-12(17)16(13(18)8-11)21-10-20-14-5-3-4-6-15(14)21/h3-8,10,19H,2,9H2,1H3.